The van der Waals surface area contributed by atoms with E-state index in [4.69, 9.17) is 11.6 Å². The average molecular weight is 231 g/mol. The molecule has 0 fully saturated rings. The molecule has 1 aromatic heterocycles. The van der Waals surface area contributed by atoms with Gasteiger partial charge in [0.05, 0.1) is 5.02 Å². The monoisotopic (exact) mass is 230 g/mol. The largest absolute Gasteiger partial charge is 0.299 e. The van der Waals surface area contributed by atoms with Crippen LogP contribution in [0.25, 0.3) is 0 Å². The van der Waals surface area contributed by atoms with Gasteiger partial charge in [-0.1, -0.05) is 32.4 Å². The van der Waals surface area contributed by atoms with Crippen LogP contribution in [0.3, 0.4) is 0 Å². The Hall–Kier alpha value is -0.340. The lowest BCUT2D eigenvalue weighted by Crippen LogP contribution is -2.20. The Labute approximate surface area is 94.1 Å². The minimum Gasteiger partial charge on any atom is -0.299 e. The predicted molar refractivity (Wildman–Crippen MR) is 62.1 cm³/mol. The van der Waals surface area contributed by atoms with Crippen molar-refractivity contribution in [1.82, 2.24) is 0 Å². The molecule has 1 nitrogen and oxygen atoms in total. The van der Waals surface area contributed by atoms with Crippen LogP contribution in [-0.4, -0.2) is 5.78 Å². The first kappa shape index (κ1) is 11.7. The number of halogens is 1. The number of aryl methyl sites for hydroxylation is 1. The summed E-state index contributed by atoms with van der Waals surface area (Å²) in [7, 11) is 0. The first-order valence-electron chi connectivity index (χ1n) is 4.66. The summed E-state index contributed by atoms with van der Waals surface area (Å²) in [6.45, 7) is 5.85. The van der Waals surface area contributed by atoms with Crippen LogP contribution in [0.4, 0.5) is 0 Å². The zero-order valence-corrected chi connectivity index (χ0v) is 10.3. The molecule has 0 atom stereocenters. The van der Waals surface area contributed by atoms with Gasteiger partial charge in [0, 0.05) is 16.7 Å². The number of hydrogen-bond donors (Lipinski definition) is 0. The molecule has 0 saturated carbocycles. The van der Waals surface area contributed by atoms with Crippen molar-refractivity contribution in [1.29, 1.82) is 0 Å². The van der Waals surface area contributed by atoms with Crippen LogP contribution in [0.15, 0.2) is 11.4 Å². The van der Waals surface area contributed by atoms with E-state index in [1.165, 1.54) is 0 Å². The minimum absolute atomic E-state index is 0.232. The number of hydrogen-bond acceptors (Lipinski definition) is 2. The Morgan fingerprint density at radius 3 is 2.57 bits per heavy atom. The summed E-state index contributed by atoms with van der Waals surface area (Å²) < 4.78 is 0. The second-order valence-electron chi connectivity index (χ2n) is 4.36. The molecular weight excluding hydrogens is 216 g/mol. The topological polar surface area (TPSA) is 17.1 Å². The van der Waals surface area contributed by atoms with E-state index in [1.54, 1.807) is 11.3 Å². The molecule has 0 aliphatic carbocycles. The lowest BCUT2D eigenvalue weighted by Gasteiger charge is -2.15. The van der Waals surface area contributed by atoms with Crippen molar-refractivity contribution in [2.75, 3.05) is 0 Å². The van der Waals surface area contributed by atoms with E-state index >= 15 is 0 Å². The maximum absolute atomic E-state index is 11.6. The summed E-state index contributed by atoms with van der Waals surface area (Å²) in [6.07, 6.45) is 1.36. The van der Waals surface area contributed by atoms with E-state index in [9.17, 15) is 4.79 Å². The third-order valence-electron chi connectivity index (χ3n) is 2.11. The van der Waals surface area contributed by atoms with E-state index in [0.29, 0.717) is 12.2 Å². The number of carbonyl (C=O) groups is 1. The fourth-order valence-electron chi connectivity index (χ4n) is 1.11. The average Bonchev–Trinajstić information content (AvgIpc) is 2.45. The van der Waals surface area contributed by atoms with E-state index < -0.39 is 0 Å². The van der Waals surface area contributed by atoms with Gasteiger partial charge in [-0.25, -0.2) is 0 Å². The van der Waals surface area contributed by atoms with Crippen molar-refractivity contribution in [3.63, 3.8) is 0 Å². The Morgan fingerprint density at radius 2 is 2.14 bits per heavy atom. The van der Waals surface area contributed by atoms with Gasteiger partial charge in [-0.05, 0) is 17.9 Å². The van der Waals surface area contributed by atoms with Gasteiger partial charge in [0.15, 0.2) is 0 Å². The molecule has 1 heterocycles. The molecule has 1 aromatic rings. The molecule has 0 spiro atoms. The highest BCUT2D eigenvalue weighted by Crippen LogP contribution is 2.25. The Morgan fingerprint density at radius 1 is 1.50 bits per heavy atom. The highest BCUT2D eigenvalue weighted by Gasteiger charge is 2.20. The highest BCUT2D eigenvalue weighted by molar-refractivity contribution is 7.10. The Balaban J connectivity index is 2.50. The zero-order chi connectivity index (χ0) is 10.8. The SMILES string of the molecule is CC(C)(C)C(=O)CCc1sccc1Cl. The second kappa shape index (κ2) is 4.45. The maximum Gasteiger partial charge on any atom is 0.138 e. The van der Waals surface area contributed by atoms with Gasteiger partial charge < -0.3 is 0 Å². The summed E-state index contributed by atoms with van der Waals surface area (Å²) in [5.41, 5.74) is -0.232. The molecule has 1 rings (SSSR count). The molecule has 14 heavy (non-hydrogen) atoms. The van der Waals surface area contributed by atoms with Crippen molar-refractivity contribution < 1.29 is 4.79 Å². The van der Waals surface area contributed by atoms with Gasteiger partial charge in [0.25, 0.3) is 0 Å². The summed E-state index contributed by atoms with van der Waals surface area (Å²) in [5, 5.41) is 2.75. The van der Waals surface area contributed by atoms with Crippen molar-refractivity contribution in [2.24, 2.45) is 5.41 Å². The molecule has 0 N–H and O–H groups in total. The van der Waals surface area contributed by atoms with Gasteiger partial charge in [-0.2, -0.15) is 0 Å². The molecular formula is C11H15ClOS. The van der Waals surface area contributed by atoms with Gasteiger partial charge in [0.1, 0.15) is 5.78 Å². The molecule has 78 valence electrons. The molecule has 0 saturated heterocycles. The summed E-state index contributed by atoms with van der Waals surface area (Å²) >= 11 is 7.55. The number of ketones is 1. The maximum atomic E-state index is 11.6. The van der Waals surface area contributed by atoms with Gasteiger partial charge in [-0.15, -0.1) is 11.3 Å². The van der Waals surface area contributed by atoms with E-state index in [2.05, 4.69) is 0 Å². The summed E-state index contributed by atoms with van der Waals surface area (Å²) in [4.78, 5) is 12.7. The number of rotatable bonds is 3. The second-order valence-corrected chi connectivity index (χ2v) is 5.77. The van der Waals surface area contributed by atoms with Crippen LogP contribution >= 0.6 is 22.9 Å². The van der Waals surface area contributed by atoms with Crippen molar-refractivity contribution >= 4 is 28.7 Å². The van der Waals surface area contributed by atoms with E-state index in [-0.39, 0.29) is 5.41 Å². The third kappa shape index (κ3) is 3.10. The van der Waals surface area contributed by atoms with Crippen LogP contribution in [0.2, 0.25) is 5.02 Å². The Kier molecular flexibility index (Phi) is 3.73. The van der Waals surface area contributed by atoms with Crippen LogP contribution in [0.5, 0.6) is 0 Å². The molecule has 0 aromatic carbocycles. The molecule has 0 radical (unpaired) electrons. The molecule has 0 aliphatic heterocycles. The fraction of sp³-hybridized carbons (Fsp3) is 0.545. The van der Waals surface area contributed by atoms with Gasteiger partial charge >= 0.3 is 0 Å². The van der Waals surface area contributed by atoms with Crippen LogP contribution < -0.4 is 0 Å². The van der Waals surface area contributed by atoms with Crippen molar-refractivity contribution in [3.05, 3.63) is 21.3 Å². The highest BCUT2D eigenvalue weighted by atomic mass is 35.5. The Bertz CT molecular complexity index is 322. The molecule has 0 bridgehead atoms. The summed E-state index contributed by atoms with van der Waals surface area (Å²) in [5.74, 6) is 0.293. The van der Waals surface area contributed by atoms with E-state index in [1.807, 2.05) is 32.2 Å². The normalized spacial score (nSPS) is 11.7. The zero-order valence-electron chi connectivity index (χ0n) is 8.76. The van der Waals surface area contributed by atoms with Crippen LogP contribution in [-0.2, 0) is 11.2 Å². The third-order valence-corrected chi connectivity index (χ3v) is 3.55. The van der Waals surface area contributed by atoms with Crippen LogP contribution in [0.1, 0.15) is 32.1 Å². The molecule has 3 heteroatoms. The van der Waals surface area contributed by atoms with E-state index in [0.717, 1.165) is 16.3 Å². The van der Waals surface area contributed by atoms with Gasteiger partial charge in [0.2, 0.25) is 0 Å². The molecule has 0 aliphatic rings. The summed E-state index contributed by atoms with van der Waals surface area (Å²) in [6, 6.07) is 1.88. The molecule has 0 amide bonds. The first-order chi connectivity index (χ1) is 6.41. The molecule has 0 unspecified atom stereocenters. The first-order valence-corrected chi connectivity index (χ1v) is 5.92. The quantitative estimate of drug-likeness (QED) is 0.769. The number of carbonyl (C=O) groups excluding carboxylic acids is 1. The smallest absolute Gasteiger partial charge is 0.138 e. The van der Waals surface area contributed by atoms with Crippen molar-refractivity contribution in [3.8, 4) is 0 Å². The van der Waals surface area contributed by atoms with Crippen molar-refractivity contribution in [2.45, 2.75) is 33.6 Å². The number of thiophene rings is 1. The standard InChI is InChI=1S/C11H15ClOS/c1-11(2,3)10(13)5-4-9-8(12)6-7-14-9/h6-7H,4-5H2,1-3H3. The lowest BCUT2D eigenvalue weighted by molar-refractivity contribution is -0.126. The van der Waals surface area contributed by atoms with Gasteiger partial charge in [-0.3, -0.25) is 4.79 Å². The fourth-order valence-corrected chi connectivity index (χ4v) is 2.24. The minimum atomic E-state index is -0.232. The lowest BCUT2D eigenvalue weighted by atomic mass is 9.88. The predicted octanol–water partition coefficient (Wildman–Crippen LogP) is 3.95. The van der Waals surface area contributed by atoms with Crippen LogP contribution in [0, 0.1) is 5.41 Å². The number of Topliss-reactive ketones (excluding diaryl/α,β-unsaturated/α-hetero) is 1.